The zero-order chi connectivity index (χ0) is 24.3. The summed E-state index contributed by atoms with van der Waals surface area (Å²) in [5, 5.41) is 2.90. The Hall–Kier alpha value is -2.78. The van der Waals surface area contributed by atoms with E-state index in [-0.39, 0.29) is 12.3 Å². The highest BCUT2D eigenvalue weighted by Gasteiger charge is 2.27. The van der Waals surface area contributed by atoms with Crippen LogP contribution in [0, 0.1) is 5.92 Å². The highest BCUT2D eigenvalue weighted by Crippen LogP contribution is 2.10. The van der Waals surface area contributed by atoms with Crippen LogP contribution in [0.5, 0.6) is 0 Å². The average molecular weight is 448 g/mol. The zero-order valence-corrected chi connectivity index (χ0v) is 19.8. The number of carbonyl (C=O) groups excluding carboxylic acids is 3. The van der Waals surface area contributed by atoms with Gasteiger partial charge >= 0.3 is 6.09 Å². The summed E-state index contributed by atoms with van der Waals surface area (Å²) in [6.07, 6.45) is 2.54. The number of nitrogens with one attached hydrogen (secondary N) is 1. The number of nitrogens with zero attached hydrogens (tertiary/aromatic N) is 2. The van der Waals surface area contributed by atoms with Gasteiger partial charge in [-0.15, -0.1) is 0 Å². The lowest BCUT2D eigenvalue weighted by Gasteiger charge is -2.25. The molecule has 0 unspecified atom stereocenters. The summed E-state index contributed by atoms with van der Waals surface area (Å²) in [4.78, 5) is 40.9. The molecule has 1 rings (SSSR count). The molecule has 0 aromatic heterocycles. The van der Waals surface area contributed by atoms with Crippen LogP contribution in [-0.4, -0.2) is 40.5 Å². The van der Waals surface area contributed by atoms with E-state index < -0.39 is 35.5 Å². The molecule has 0 fully saturated rings. The molecular formula is C23H37N5O4. The fraction of sp³-hybridized carbons (Fsp3) is 0.565. The SMILES string of the molecule is CC(C)[C@H](N)C(=O)N/C(=N\C(=O)CCCCCc1ccccc1)N(N)C(=O)OC(C)(C)C. The topological polar surface area (TPSA) is 140 Å². The van der Waals surface area contributed by atoms with Crippen LogP contribution in [-0.2, 0) is 20.7 Å². The molecule has 0 bridgehead atoms. The van der Waals surface area contributed by atoms with Crippen LogP contribution in [0.2, 0.25) is 0 Å². The first-order valence-corrected chi connectivity index (χ1v) is 10.9. The molecule has 3 amide bonds. The molecule has 32 heavy (non-hydrogen) atoms. The summed E-state index contributed by atoms with van der Waals surface area (Å²) >= 11 is 0. The summed E-state index contributed by atoms with van der Waals surface area (Å²) in [6, 6.07) is 9.25. The third-order valence-corrected chi connectivity index (χ3v) is 4.50. The van der Waals surface area contributed by atoms with Crippen LogP contribution >= 0.6 is 0 Å². The molecular weight excluding hydrogens is 410 g/mol. The van der Waals surface area contributed by atoms with E-state index in [2.05, 4.69) is 22.4 Å². The van der Waals surface area contributed by atoms with Crippen LogP contribution in [0.4, 0.5) is 4.79 Å². The second kappa shape index (κ2) is 12.9. The smallest absolute Gasteiger partial charge is 0.431 e. The summed E-state index contributed by atoms with van der Waals surface area (Å²) in [7, 11) is 0. The molecule has 0 heterocycles. The molecule has 1 atom stereocenters. The van der Waals surface area contributed by atoms with Gasteiger partial charge in [-0.2, -0.15) is 10.0 Å². The van der Waals surface area contributed by atoms with Gasteiger partial charge in [-0.25, -0.2) is 10.6 Å². The molecule has 0 saturated carbocycles. The Morgan fingerprint density at radius 1 is 1.09 bits per heavy atom. The Balaban J connectivity index is 2.74. The normalized spacial score (nSPS) is 12.9. The van der Waals surface area contributed by atoms with Crippen molar-refractivity contribution in [1.29, 1.82) is 0 Å². The lowest BCUT2D eigenvalue weighted by atomic mass is 10.1. The Morgan fingerprint density at radius 3 is 2.28 bits per heavy atom. The van der Waals surface area contributed by atoms with Crippen molar-refractivity contribution in [2.24, 2.45) is 22.5 Å². The van der Waals surface area contributed by atoms with E-state index in [0.29, 0.717) is 11.4 Å². The molecule has 0 spiro atoms. The van der Waals surface area contributed by atoms with E-state index in [1.807, 2.05) is 18.2 Å². The van der Waals surface area contributed by atoms with E-state index in [0.717, 1.165) is 19.3 Å². The number of amides is 3. The predicted octanol–water partition coefficient (Wildman–Crippen LogP) is 2.88. The molecule has 9 heteroatoms. The quantitative estimate of drug-likeness (QED) is 0.140. The lowest BCUT2D eigenvalue weighted by Crippen LogP contribution is -2.56. The number of hydrogen-bond acceptors (Lipinski definition) is 6. The maximum absolute atomic E-state index is 12.4. The van der Waals surface area contributed by atoms with Crippen molar-refractivity contribution in [3.05, 3.63) is 35.9 Å². The third-order valence-electron chi connectivity index (χ3n) is 4.50. The van der Waals surface area contributed by atoms with Gasteiger partial charge in [0, 0.05) is 6.42 Å². The van der Waals surface area contributed by atoms with Gasteiger partial charge in [0.1, 0.15) is 5.60 Å². The van der Waals surface area contributed by atoms with Crippen molar-refractivity contribution in [3.8, 4) is 0 Å². The number of hydrogen-bond donors (Lipinski definition) is 3. The molecule has 5 N–H and O–H groups in total. The summed E-state index contributed by atoms with van der Waals surface area (Å²) in [6.45, 7) is 8.56. The molecule has 0 radical (unpaired) electrons. The fourth-order valence-electron chi connectivity index (χ4n) is 2.64. The number of benzene rings is 1. The number of ether oxygens (including phenoxy) is 1. The number of aliphatic imine (C=N–C) groups is 1. The zero-order valence-electron chi connectivity index (χ0n) is 19.8. The van der Waals surface area contributed by atoms with Crippen LogP contribution in [0.15, 0.2) is 35.3 Å². The van der Waals surface area contributed by atoms with Gasteiger partial charge in [-0.05, 0) is 51.5 Å². The summed E-state index contributed by atoms with van der Waals surface area (Å²) in [5.41, 5.74) is 6.28. The molecule has 0 aliphatic rings. The Kier molecular flexibility index (Phi) is 11.0. The van der Waals surface area contributed by atoms with Crippen LogP contribution < -0.4 is 16.9 Å². The molecule has 0 saturated heterocycles. The first-order chi connectivity index (χ1) is 14.9. The number of nitrogens with two attached hydrogens (primary N) is 2. The average Bonchev–Trinajstić information content (AvgIpc) is 2.71. The first kappa shape index (κ1) is 27.3. The van der Waals surface area contributed by atoms with E-state index in [1.54, 1.807) is 34.6 Å². The minimum Gasteiger partial charge on any atom is -0.442 e. The lowest BCUT2D eigenvalue weighted by molar-refractivity contribution is -0.121. The summed E-state index contributed by atoms with van der Waals surface area (Å²) in [5.74, 6) is 4.13. The number of aryl methyl sites for hydroxylation is 1. The monoisotopic (exact) mass is 447 g/mol. The van der Waals surface area contributed by atoms with Crippen molar-refractivity contribution in [2.75, 3.05) is 0 Å². The second-order valence-electron chi connectivity index (χ2n) is 8.98. The maximum atomic E-state index is 12.4. The fourth-order valence-corrected chi connectivity index (χ4v) is 2.64. The van der Waals surface area contributed by atoms with Crippen molar-refractivity contribution in [1.82, 2.24) is 10.3 Å². The minimum absolute atomic E-state index is 0.159. The Labute approximate surface area is 190 Å². The number of carbonyl (C=O) groups is 3. The van der Waals surface area contributed by atoms with Crippen molar-refractivity contribution in [2.45, 2.75) is 78.4 Å². The van der Waals surface area contributed by atoms with E-state index in [4.69, 9.17) is 16.3 Å². The van der Waals surface area contributed by atoms with Gasteiger partial charge < -0.3 is 10.5 Å². The number of unbranched alkanes of at least 4 members (excludes halogenated alkanes) is 2. The van der Waals surface area contributed by atoms with Crippen LogP contribution in [0.25, 0.3) is 0 Å². The standard InChI is InChI=1S/C23H37N5O4/c1-16(2)19(24)20(30)27-21(28(25)22(31)32-23(3,4)5)26-18(29)15-11-7-10-14-17-12-8-6-9-13-17/h6,8-9,12-13,16,19H,7,10-11,14-15,24-25H2,1-5H3,(H,26,27,29,30)/t19-/m0/s1. The molecule has 0 aliphatic heterocycles. The molecule has 9 nitrogen and oxygen atoms in total. The first-order valence-electron chi connectivity index (χ1n) is 10.9. The van der Waals surface area contributed by atoms with E-state index in [1.165, 1.54) is 5.56 Å². The highest BCUT2D eigenvalue weighted by molar-refractivity contribution is 6.07. The maximum Gasteiger partial charge on any atom is 0.431 e. The molecule has 1 aromatic rings. The third kappa shape index (κ3) is 10.5. The Morgan fingerprint density at radius 2 is 1.72 bits per heavy atom. The predicted molar refractivity (Wildman–Crippen MR) is 124 cm³/mol. The molecule has 178 valence electrons. The molecule has 1 aromatic carbocycles. The van der Waals surface area contributed by atoms with Gasteiger partial charge in [0.05, 0.1) is 6.04 Å². The van der Waals surface area contributed by atoms with Crippen molar-refractivity contribution < 1.29 is 19.1 Å². The van der Waals surface area contributed by atoms with E-state index >= 15 is 0 Å². The number of guanidine groups is 1. The second-order valence-corrected chi connectivity index (χ2v) is 8.98. The van der Waals surface area contributed by atoms with Crippen LogP contribution in [0.3, 0.4) is 0 Å². The summed E-state index contributed by atoms with van der Waals surface area (Å²) < 4.78 is 5.19. The van der Waals surface area contributed by atoms with Gasteiger partial charge in [-0.3, -0.25) is 14.9 Å². The number of hydrazine groups is 1. The van der Waals surface area contributed by atoms with Gasteiger partial charge in [-0.1, -0.05) is 50.6 Å². The largest absolute Gasteiger partial charge is 0.442 e. The van der Waals surface area contributed by atoms with Gasteiger partial charge in [0.2, 0.25) is 17.8 Å². The highest BCUT2D eigenvalue weighted by atomic mass is 16.6. The van der Waals surface area contributed by atoms with Crippen molar-refractivity contribution >= 4 is 23.9 Å². The van der Waals surface area contributed by atoms with Gasteiger partial charge in [0.15, 0.2) is 0 Å². The van der Waals surface area contributed by atoms with E-state index in [9.17, 15) is 14.4 Å². The van der Waals surface area contributed by atoms with Crippen molar-refractivity contribution in [3.63, 3.8) is 0 Å². The Bertz CT molecular complexity index is 787. The molecule has 0 aliphatic carbocycles. The number of rotatable bonds is 8. The van der Waals surface area contributed by atoms with Crippen LogP contribution in [0.1, 0.15) is 65.9 Å². The minimum atomic E-state index is -0.953. The van der Waals surface area contributed by atoms with Gasteiger partial charge in [0.25, 0.3) is 0 Å².